The summed E-state index contributed by atoms with van der Waals surface area (Å²) in [6.45, 7) is 20.3. The molecule has 5 aliphatic rings. The summed E-state index contributed by atoms with van der Waals surface area (Å²) in [6.07, 6.45) is 23.3. The first-order valence-corrected chi connectivity index (χ1v) is 18.2. The average Bonchev–Trinajstić information content (AvgIpc) is 3.48. The third kappa shape index (κ3) is 6.50. The van der Waals surface area contributed by atoms with Gasteiger partial charge in [-0.1, -0.05) is 88.6 Å². The van der Waals surface area contributed by atoms with Crippen molar-refractivity contribution in [2.75, 3.05) is 26.2 Å². The molecule has 2 unspecified atom stereocenters. The number of hydrogen-bond acceptors (Lipinski definition) is 5. The van der Waals surface area contributed by atoms with E-state index in [9.17, 15) is 0 Å². The molecule has 6 nitrogen and oxygen atoms in total. The fourth-order valence-electron chi connectivity index (χ4n) is 8.94. The third-order valence-corrected chi connectivity index (χ3v) is 12.1. The van der Waals surface area contributed by atoms with Crippen LogP contribution in [0.25, 0.3) is 5.57 Å². The highest BCUT2D eigenvalue weighted by Crippen LogP contribution is 2.56. The van der Waals surface area contributed by atoms with E-state index >= 15 is 0 Å². The number of benzene rings is 1. The molecular weight excluding hydrogens is 576 g/mol. The maximum atomic E-state index is 4.63. The normalized spacial score (nSPS) is 24.5. The number of rotatable bonds is 11. The van der Waals surface area contributed by atoms with Gasteiger partial charge in [-0.3, -0.25) is 4.90 Å². The van der Waals surface area contributed by atoms with Crippen LogP contribution < -0.4 is 10.6 Å². The number of allylic oxidation sites excluding steroid dienone is 4. The second kappa shape index (κ2) is 13.2. The number of hydrogen-bond donors (Lipinski definition) is 2. The van der Waals surface area contributed by atoms with Crippen molar-refractivity contribution in [1.29, 1.82) is 0 Å². The highest BCUT2D eigenvalue weighted by molar-refractivity contribution is 5.78. The van der Waals surface area contributed by atoms with Crippen LogP contribution in [0.1, 0.15) is 99.7 Å². The van der Waals surface area contributed by atoms with Gasteiger partial charge in [0, 0.05) is 44.6 Å². The van der Waals surface area contributed by atoms with Crippen molar-refractivity contribution in [2.45, 2.75) is 90.3 Å². The molecule has 1 aromatic carbocycles. The van der Waals surface area contributed by atoms with Crippen molar-refractivity contribution >= 4 is 5.57 Å². The summed E-state index contributed by atoms with van der Waals surface area (Å²) >= 11 is 0. The fourth-order valence-corrected chi connectivity index (χ4v) is 8.94. The van der Waals surface area contributed by atoms with Crippen molar-refractivity contribution < 1.29 is 0 Å². The average molecular weight is 633 g/mol. The lowest BCUT2D eigenvalue weighted by Gasteiger charge is -2.44. The van der Waals surface area contributed by atoms with Crippen LogP contribution in [-0.2, 0) is 7.05 Å². The van der Waals surface area contributed by atoms with Crippen molar-refractivity contribution in [3.05, 3.63) is 108 Å². The molecule has 3 fully saturated rings. The molecule has 47 heavy (non-hydrogen) atoms. The molecule has 1 aromatic heterocycles. The van der Waals surface area contributed by atoms with E-state index in [1.54, 1.807) is 0 Å². The first-order chi connectivity index (χ1) is 22.7. The Labute approximate surface area is 283 Å². The molecular formula is C41H56N6. The zero-order chi connectivity index (χ0) is 32.7. The monoisotopic (exact) mass is 632 g/mol. The minimum absolute atomic E-state index is 0.0690. The molecule has 2 N–H and O–H groups in total. The minimum Gasteiger partial charge on any atom is -0.382 e. The lowest BCUT2D eigenvalue weighted by molar-refractivity contribution is 0.0998. The maximum absolute atomic E-state index is 4.63. The molecule has 2 aromatic rings. The van der Waals surface area contributed by atoms with E-state index in [2.05, 4.69) is 114 Å². The quantitative estimate of drug-likeness (QED) is 0.263. The van der Waals surface area contributed by atoms with E-state index in [0.717, 1.165) is 49.9 Å². The van der Waals surface area contributed by atoms with Gasteiger partial charge < -0.3 is 20.1 Å². The maximum Gasteiger partial charge on any atom is 0.0946 e. The Morgan fingerprint density at radius 3 is 2.55 bits per heavy atom. The molecule has 0 spiro atoms. The molecule has 250 valence electrons. The molecule has 2 aliphatic heterocycles. The summed E-state index contributed by atoms with van der Waals surface area (Å²) < 4.78 is 2.17. The summed E-state index contributed by atoms with van der Waals surface area (Å²) in [4.78, 5) is 9.90. The van der Waals surface area contributed by atoms with Crippen LogP contribution in [0.5, 0.6) is 0 Å². The van der Waals surface area contributed by atoms with Crippen LogP contribution in [0, 0.1) is 24.2 Å². The molecule has 3 atom stereocenters. The van der Waals surface area contributed by atoms with Gasteiger partial charge in [0.05, 0.1) is 36.3 Å². The molecule has 3 heterocycles. The summed E-state index contributed by atoms with van der Waals surface area (Å²) in [5.74, 6) is 1.49. The predicted octanol–water partition coefficient (Wildman–Crippen LogP) is 7.96. The van der Waals surface area contributed by atoms with Gasteiger partial charge in [-0.2, -0.15) is 0 Å². The lowest BCUT2D eigenvalue weighted by Crippen LogP contribution is -2.52. The molecule has 6 heteroatoms. The molecule has 7 rings (SSSR count). The summed E-state index contributed by atoms with van der Waals surface area (Å²) in [5, 5.41) is 7.81. The highest BCUT2D eigenvalue weighted by Gasteiger charge is 2.46. The van der Waals surface area contributed by atoms with Crippen molar-refractivity contribution in [2.24, 2.45) is 24.3 Å². The zero-order valence-electron chi connectivity index (χ0n) is 29.3. The molecule has 2 saturated carbocycles. The molecule has 3 aliphatic carbocycles. The standard InChI is InChI=1S/C41H56N6/c1-28(2)41(15-16-41)25-30(4)44-39(37-26-42-27-45(37)6)36-24-33-12-9-17-43-38(33)40(34-14-13-29(3)22-35(34)36)47-20-18-46(19-21-47)31(5)23-32-10-7-8-11-32/h9,12-14,17,22,24,26-28,32,38-40,43-44H,4-5,7-8,10-11,15-16,18-21,23,25H2,1-3,6H3/t38?,39?,40-/m0/s1. The lowest BCUT2D eigenvalue weighted by atomic mass is 9.86. The van der Waals surface area contributed by atoms with E-state index in [1.165, 1.54) is 78.5 Å². The molecule has 0 bridgehead atoms. The van der Waals surface area contributed by atoms with Gasteiger partial charge >= 0.3 is 0 Å². The minimum atomic E-state index is -0.0690. The highest BCUT2D eigenvalue weighted by atomic mass is 15.3. The van der Waals surface area contributed by atoms with Crippen LogP contribution in [0.3, 0.4) is 0 Å². The first-order valence-electron chi connectivity index (χ1n) is 18.2. The van der Waals surface area contributed by atoms with Crippen LogP contribution in [0.15, 0.2) is 85.3 Å². The summed E-state index contributed by atoms with van der Waals surface area (Å²) in [5.41, 5.74) is 10.7. The van der Waals surface area contributed by atoms with Crippen LogP contribution in [0.2, 0.25) is 0 Å². The largest absolute Gasteiger partial charge is 0.382 e. The fraction of sp³-hybridized carbons (Fsp3) is 0.537. The van der Waals surface area contributed by atoms with Gasteiger partial charge in [-0.25, -0.2) is 4.98 Å². The molecule has 0 radical (unpaired) electrons. The number of fused-ring (bicyclic) bond motifs is 2. The number of aryl methyl sites for hydroxylation is 2. The van der Waals surface area contributed by atoms with E-state index in [4.69, 9.17) is 0 Å². The molecule has 1 saturated heterocycles. The van der Waals surface area contributed by atoms with Gasteiger partial charge in [0.2, 0.25) is 0 Å². The predicted molar refractivity (Wildman–Crippen MR) is 194 cm³/mol. The van der Waals surface area contributed by atoms with Crippen LogP contribution in [-0.4, -0.2) is 51.6 Å². The third-order valence-electron chi connectivity index (χ3n) is 12.1. The Morgan fingerprint density at radius 1 is 1.11 bits per heavy atom. The first kappa shape index (κ1) is 32.1. The number of piperazine rings is 1. The second-order valence-corrected chi connectivity index (χ2v) is 15.6. The number of imidazole rings is 1. The Kier molecular flexibility index (Phi) is 8.99. The number of nitrogens with one attached hydrogen (secondary N) is 2. The SMILES string of the molecule is C=C(CC1(C(C)C)CC1)NC(C1=CC2=CC=CNC2[C@@H](N2CCN(C(=C)CC3CCCC3)CC2)c2ccc(C)cc21)c1cncn1C. The van der Waals surface area contributed by atoms with E-state index < -0.39 is 0 Å². The Bertz CT molecular complexity index is 1570. The van der Waals surface area contributed by atoms with Gasteiger partial charge in [0.15, 0.2) is 0 Å². The number of dihydropyridines is 1. The Hall–Kier alpha value is -3.51. The smallest absolute Gasteiger partial charge is 0.0946 e. The van der Waals surface area contributed by atoms with Gasteiger partial charge in [-0.15, -0.1) is 0 Å². The van der Waals surface area contributed by atoms with Crippen molar-refractivity contribution in [3.63, 3.8) is 0 Å². The van der Waals surface area contributed by atoms with Gasteiger partial charge in [-0.05, 0) is 84.4 Å². The van der Waals surface area contributed by atoms with Crippen LogP contribution >= 0.6 is 0 Å². The zero-order valence-corrected chi connectivity index (χ0v) is 29.3. The topological polar surface area (TPSA) is 48.4 Å². The van der Waals surface area contributed by atoms with E-state index in [0.29, 0.717) is 11.3 Å². The Balaban J connectivity index is 1.22. The molecule has 0 amide bonds. The van der Waals surface area contributed by atoms with Gasteiger partial charge in [0.25, 0.3) is 0 Å². The van der Waals surface area contributed by atoms with E-state index in [-0.39, 0.29) is 18.1 Å². The van der Waals surface area contributed by atoms with E-state index in [1.807, 2.05) is 12.5 Å². The number of nitrogens with zero attached hydrogens (tertiary/aromatic N) is 4. The van der Waals surface area contributed by atoms with Crippen molar-refractivity contribution in [3.8, 4) is 0 Å². The summed E-state index contributed by atoms with van der Waals surface area (Å²) in [6, 6.07) is 7.45. The summed E-state index contributed by atoms with van der Waals surface area (Å²) in [7, 11) is 2.11. The van der Waals surface area contributed by atoms with Crippen LogP contribution in [0.4, 0.5) is 0 Å². The Morgan fingerprint density at radius 2 is 1.87 bits per heavy atom. The van der Waals surface area contributed by atoms with Gasteiger partial charge in [0.1, 0.15) is 0 Å². The second-order valence-electron chi connectivity index (χ2n) is 15.6. The van der Waals surface area contributed by atoms with Crippen molar-refractivity contribution in [1.82, 2.24) is 30.0 Å². The number of aromatic nitrogens is 2.